The number of halogens is 1. The summed E-state index contributed by atoms with van der Waals surface area (Å²) >= 11 is 6.49. The van der Waals surface area contributed by atoms with E-state index in [0.29, 0.717) is 18.0 Å². The van der Waals surface area contributed by atoms with Gasteiger partial charge in [0, 0.05) is 37.6 Å². The van der Waals surface area contributed by atoms with Crippen LogP contribution in [0, 0.1) is 0 Å². The average Bonchev–Trinajstić information content (AvgIpc) is 3.21. The van der Waals surface area contributed by atoms with Crippen molar-refractivity contribution in [2.45, 2.75) is 12.5 Å². The van der Waals surface area contributed by atoms with E-state index < -0.39 is 0 Å². The van der Waals surface area contributed by atoms with Crippen molar-refractivity contribution in [3.63, 3.8) is 0 Å². The third kappa shape index (κ3) is 4.51. The van der Waals surface area contributed by atoms with E-state index in [9.17, 15) is 4.79 Å². The molecule has 2 aliphatic rings. The van der Waals surface area contributed by atoms with Gasteiger partial charge in [-0.3, -0.25) is 9.69 Å². The van der Waals surface area contributed by atoms with Gasteiger partial charge in [0.25, 0.3) is 5.91 Å². The predicted molar refractivity (Wildman–Crippen MR) is 119 cm³/mol. The summed E-state index contributed by atoms with van der Waals surface area (Å²) in [5.74, 6) is 0.802. The van der Waals surface area contributed by atoms with Gasteiger partial charge < -0.3 is 9.64 Å². The molecule has 0 aromatic heterocycles. The largest absolute Gasteiger partial charge is 0.497 e. The lowest BCUT2D eigenvalue weighted by molar-refractivity contribution is -0.134. The Kier molecular flexibility index (Phi) is 6.37. The quantitative estimate of drug-likeness (QED) is 0.736. The Labute approximate surface area is 182 Å². The normalized spacial score (nSPS) is 20.3. The molecule has 1 fully saturated rings. The molecule has 1 unspecified atom stereocenters. The van der Waals surface area contributed by atoms with Crippen LogP contribution in [0.2, 0.25) is 5.02 Å². The molecule has 2 aromatic rings. The number of nitrogens with zero attached hydrogens (tertiary/aromatic N) is 4. The molecule has 158 valence electrons. The molecule has 0 saturated carbocycles. The van der Waals surface area contributed by atoms with Crippen LogP contribution in [0.25, 0.3) is 0 Å². The number of hydrogen-bond acceptors (Lipinski definition) is 5. The summed E-state index contributed by atoms with van der Waals surface area (Å²) in [7, 11) is 3.76. The summed E-state index contributed by atoms with van der Waals surface area (Å²) in [6, 6.07) is 15.3. The van der Waals surface area contributed by atoms with Crippen LogP contribution in [0.5, 0.6) is 5.75 Å². The van der Waals surface area contributed by atoms with Crippen molar-refractivity contribution in [3.8, 4) is 5.75 Å². The van der Waals surface area contributed by atoms with Gasteiger partial charge in [-0.05, 0) is 48.5 Å². The van der Waals surface area contributed by atoms with Crippen molar-refractivity contribution < 1.29 is 9.53 Å². The van der Waals surface area contributed by atoms with Crippen LogP contribution >= 0.6 is 11.6 Å². The van der Waals surface area contributed by atoms with Gasteiger partial charge in [0.1, 0.15) is 5.75 Å². The summed E-state index contributed by atoms with van der Waals surface area (Å²) < 4.78 is 5.26. The monoisotopic (exact) mass is 426 g/mol. The standard InChI is InChI=1S/C23H27ClN4O2/c1-26-11-13-27(14-12-26)16-23(29)28-22(19-5-3-4-6-20(19)24)15-21(25-28)17-7-9-18(30-2)10-8-17/h3-10,22H,11-16H2,1-2H3. The lowest BCUT2D eigenvalue weighted by Gasteiger charge is -2.33. The number of carbonyl (C=O) groups excluding carboxylic acids is 1. The number of benzene rings is 2. The second kappa shape index (κ2) is 9.16. The maximum Gasteiger partial charge on any atom is 0.257 e. The molecule has 1 amide bonds. The van der Waals surface area contributed by atoms with Crippen molar-refractivity contribution in [2.24, 2.45) is 5.10 Å². The lowest BCUT2D eigenvalue weighted by atomic mass is 9.98. The van der Waals surface area contributed by atoms with Crippen LogP contribution < -0.4 is 4.74 Å². The molecule has 0 radical (unpaired) electrons. The third-order valence-electron chi connectivity index (χ3n) is 5.81. The molecule has 0 N–H and O–H groups in total. The number of likely N-dealkylation sites (N-methyl/N-ethyl adjacent to an activating group) is 1. The van der Waals surface area contributed by atoms with Crippen LogP contribution in [0.15, 0.2) is 53.6 Å². The van der Waals surface area contributed by atoms with Gasteiger partial charge in [-0.25, -0.2) is 5.01 Å². The Morgan fingerprint density at radius 2 is 1.80 bits per heavy atom. The summed E-state index contributed by atoms with van der Waals surface area (Å²) in [4.78, 5) is 17.8. The smallest absolute Gasteiger partial charge is 0.257 e. The molecular formula is C23H27ClN4O2. The highest BCUT2D eigenvalue weighted by atomic mass is 35.5. The Hall–Kier alpha value is -2.41. The molecule has 2 aliphatic heterocycles. The zero-order chi connectivity index (χ0) is 21.1. The number of hydrazone groups is 1. The average molecular weight is 427 g/mol. The van der Waals surface area contributed by atoms with Crippen molar-refractivity contribution in [1.82, 2.24) is 14.8 Å². The lowest BCUT2D eigenvalue weighted by Crippen LogP contribution is -2.48. The van der Waals surface area contributed by atoms with E-state index in [1.54, 1.807) is 12.1 Å². The van der Waals surface area contributed by atoms with Crippen LogP contribution in [-0.2, 0) is 4.79 Å². The minimum atomic E-state index is -0.198. The fraction of sp³-hybridized carbons (Fsp3) is 0.391. The molecule has 0 aliphatic carbocycles. The van der Waals surface area contributed by atoms with E-state index in [4.69, 9.17) is 21.4 Å². The van der Waals surface area contributed by atoms with Crippen LogP contribution in [0.4, 0.5) is 0 Å². The van der Waals surface area contributed by atoms with E-state index in [2.05, 4.69) is 16.8 Å². The summed E-state index contributed by atoms with van der Waals surface area (Å²) in [5.41, 5.74) is 2.80. The Bertz CT molecular complexity index is 923. The predicted octanol–water partition coefficient (Wildman–Crippen LogP) is 3.27. The first-order valence-electron chi connectivity index (χ1n) is 10.2. The molecule has 4 rings (SSSR count). The number of piperazine rings is 1. The molecular weight excluding hydrogens is 400 g/mol. The van der Waals surface area contributed by atoms with Gasteiger partial charge in [0.05, 0.1) is 25.4 Å². The fourth-order valence-electron chi connectivity index (χ4n) is 3.96. The van der Waals surface area contributed by atoms with Gasteiger partial charge in [-0.15, -0.1) is 0 Å². The van der Waals surface area contributed by atoms with Crippen molar-refractivity contribution in [3.05, 3.63) is 64.7 Å². The summed E-state index contributed by atoms with van der Waals surface area (Å²) in [6.07, 6.45) is 0.630. The van der Waals surface area contributed by atoms with Crippen LogP contribution in [-0.4, -0.2) is 73.3 Å². The minimum absolute atomic E-state index is 0.00739. The molecule has 1 atom stereocenters. The zero-order valence-corrected chi connectivity index (χ0v) is 18.2. The second-order valence-corrected chi connectivity index (χ2v) is 8.24. The molecule has 7 heteroatoms. The van der Waals surface area contributed by atoms with E-state index >= 15 is 0 Å². The van der Waals surface area contributed by atoms with Gasteiger partial charge in [-0.1, -0.05) is 29.8 Å². The number of rotatable bonds is 5. The number of carbonyl (C=O) groups is 1. The Morgan fingerprint density at radius 3 is 2.47 bits per heavy atom. The molecule has 6 nitrogen and oxygen atoms in total. The first-order chi connectivity index (χ1) is 14.5. The summed E-state index contributed by atoms with van der Waals surface area (Å²) in [5, 5.41) is 7.05. The SMILES string of the molecule is COc1ccc(C2=NN(C(=O)CN3CCN(C)CC3)C(c3ccccc3Cl)C2)cc1. The fourth-order valence-corrected chi connectivity index (χ4v) is 4.22. The first-order valence-corrected chi connectivity index (χ1v) is 10.6. The van der Waals surface area contributed by atoms with E-state index in [-0.39, 0.29) is 11.9 Å². The van der Waals surface area contributed by atoms with E-state index in [1.807, 2.05) is 48.5 Å². The molecule has 1 saturated heterocycles. The molecule has 2 heterocycles. The highest BCUT2D eigenvalue weighted by Crippen LogP contribution is 2.36. The Morgan fingerprint density at radius 1 is 1.10 bits per heavy atom. The number of hydrogen-bond donors (Lipinski definition) is 0. The number of ether oxygens (including phenoxy) is 1. The van der Waals surface area contributed by atoms with Gasteiger partial charge in [0.2, 0.25) is 0 Å². The van der Waals surface area contributed by atoms with Crippen molar-refractivity contribution in [1.29, 1.82) is 0 Å². The van der Waals surface area contributed by atoms with Crippen LogP contribution in [0.3, 0.4) is 0 Å². The van der Waals surface area contributed by atoms with Gasteiger partial charge in [-0.2, -0.15) is 5.10 Å². The summed E-state index contributed by atoms with van der Waals surface area (Å²) in [6.45, 7) is 4.10. The first kappa shape index (κ1) is 20.8. The van der Waals surface area contributed by atoms with E-state index in [1.165, 1.54) is 0 Å². The highest BCUT2D eigenvalue weighted by molar-refractivity contribution is 6.31. The topological polar surface area (TPSA) is 48.4 Å². The minimum Gasteiger partial charge on any atom is -0.497 e. The van der Waals surface area contributed by atoms with Gasteiger partial charge in [0.15, 0.2) is 0 Å². The molecule has 0 bridgehead atoms. The number of amides is 1. The van der Waals surface area contributed by atoms with Crippen molar-refractivity contribution in [2.75, 3.05) is 46.9 Å². The maximum atomic E-state index is 13.3. The third-order valence-corrected chi connectivity index (χ3v) is 6.15. The maximum absolute atomic E-state index is 13.3. The van der Waals surface area contributed by atoms with Crippen molar-refractivity contribution >= 4 is 23.2 Å². The zero-order valence-electron chi connectivity index (χ0n) is 17.4. The Balaban J connectivity index is 1.59. The molecule has 0 spiro atoms. The van der Waals surface area contributed by atoms with Crippen LogP contribution in [0.1, 0.15) is 23.6 Å². The second-order valence-electron chi connectivity index (χ2n) is 7.83. The van der Waals surface area contributed by atoms with Gasteiger partial charge >= 0.3 is 0 Å². The molecule has 30 heavy (non-hydrogen) atoms. The van der Waals surface area contributed by atoms with E-state index in [0.717, 1.165) is 48.8 Å². The molecule has 2 aromatic carbocycles. The number of methoxy groups -OCH3 is 1. The highest BCUT2D eigenvalue weighted by Gasteiger charge is 2.35.